The largest absolute Gasteiger partial charge is 0.507 e. The van der Waals surface area contributed by atoms with Gasteiger partial charge in [0, 0.05) is 33.7 Å². The molecule has 0 saturated heterocycles. The monoisotopic (exact) mass is 540 g/mol. The normalized spacial score (nSPS) is 17.8. The van der Waals surface area contributed by atoms with Crippen LogP contribution in [0.25, 0.3) is 21.9 Å². The molecular formula is C32H28O8. The zero-order valence-corrected chi connectivity index (χ0v) is 22.7. The number of fused-ring (bicyclic) bond motifs is 4. The lowest BCUT2D eigenvalue weighted by molar-refractivity contribution is -0.00568. The summed E-state index contributed by atoms with van der Waals surface area (Å²) in [6, 6.07) is 9.53. The lowest BCUT2D eigenvalue weighted by Crippen LogP contribution is -2.24. The highest BCUT2D eigenvalue weighted by molar-refractivity contribution is 6.31. The molecule has 1 heterocycles. The maximum absolute atomic E-state index is 13.7. The second-order valence-electron chi connectivity index (χ2n) is 10.4. The Morgan fingerprint density at radius 3 is 2.25 bits per heavy atom. The van der Waals surface area contributed by atoms with Gasteiger partial charge >= 0.3 is 0 Å². The Balaban J connectivity index is 1.73. The van der Waals surface area contributed by atoms with Crippen LogP contribution in [-0.2, 0) is 11.2 Å². The van der Waals surface area contributed by atoms with Crippen LogP contribution in [0.4, 0.5) is 0 Å². The van der Waals surface area contributed by atoms with E-state index in [1.165, 1.54) is 26.4 Å². The van der Waals surface area contributed by atoms with Gasteiger partial charge in [-0.25, -0.2) is 0 Å². The van der Waals surface area contributed by atoms with E-state index in [4.69, 9.17) is 14.2 Å². The average Bonchev–Trinajstić information content (AvgIpc) is 2.90. The van der Waals surface area contributed by atoms with E-state index in [9.17, 15) is 24.9 Å². The molecule has 0 fully saturated rings. The Morgan fingerprint density at radius 2 is 1.55 bits per heavy atom. The number of methoxy groups -OCH3 is 2. The highest BCUT2D eigenvalue weighted by Crippen LogP contribution is 2.53. The fraction of sp³-hybridized carbons (Fsp3) is 0.250. The van der Waals surface area contributed by atoms with Crippen molar-refractivity contribution < 1.29 is 39.1 Å². The van der Waals surface area contributed by atoms with Crippen molar-refractivity contribution in [2.24, 2.45) is 0 Å². The van der Waals surface area contributed by atoms with E-state index >= 15 is 0 Å². The lowest BCUT2D eigenvalue weighted by atomic mass is 9.78. The molecule has 4 aromatic rings. The molecule has 40 heavy (non-hydrogen) atoms. The number of aromatic hydroxyl groups is 3. The number of aryl methyl sites for hydroxylation is 1. The van der Waals surface area contributed by atoms with Gasteiger partial charge in [0.2, 0.25) is 5.78 Å². The first-order valence-corrected chi connectivity index (χ1v) is 13.0. The SMILES string of the molecule is COc1cc(OC)c2c(O)c3c(c(-c4ccc5c(c4O)C(=O)c4c(O)cc(C)cc4C5=O)c2c1)CC(C)OC3C. The predicted molar refractivity (Wildman–Crippen MR) is 148 cm³/mol. The molecule has 6 rings (SSSR count). The van der Waals surface area contributed by atoms with Gasteiger partial charge in [0.1, 0.15) is 28.7 Å². The van der Waals surface area contributed by atoms with E-state index in [2.05, 4.69) is 0 Å². The Morgan fingerprint density at radius 1 is 0.825 bits per heavy atom. The van der Waals surface area contributed by atoms with Gasteiger partial charge in [-0.05, 0) is 74.2 Å². The fourth-order valence-electron chi connectivity index (χ4n) is 6.26. The second kappa shape index (κ2) is 8.99. The minimum atomic E-state index is -0.640. The number of phenols is 3. The Labute approximate surface area is 230 Å². The molecule has 0 aromatic heterocycles. The summed E-state index contributed by atoms with van der Waals surface area (Å²) in [6.07, 6.45) is -0.242. The van der Waals surface area contributed by atoms with E-state index in [0.29, 0.717) is 50.9 Å². The van der Waals surface area contributed by atoms with Crippen LogP contribution in [0.5, 0.6) is 28.7 Å². The van der Waals surface area contributed by atoms with Gasteiger partial charge in [-0.15, -0.1) is 0 Å². The Kier molecular flexibility index (Phi) is 5.78. The van der Waals surface area contributed by atoms with Gasteiger partial charge < -0.3 is 29.5 Å². The zero-order valence-electron chi connectivity index (χ0n) is 22.7. The topological polar surface area (TPSA) is 123 Å². The Bertz CT molecular complexity index is 1780. The number of phenolic OH excluding ortho intramolecular Hbond substituents is 3. The van der Waals surface area contributed by atoms with Crippen LogP contribution >= 0.6 is 0 Å². The minimum absolute atomic E-state index is 0.00516. The van der Waals surface area contributed by atoms with Crippen LogP contribution in [-0.4, -0.2) is 47.2 Å². The number of carbonyl (C=O) groups excluding carboxylic acids is 2. The summed E-state index contributed by atoms with van der Waals surface area (Å²) in [4.78, 5) is 27.2. The number of hydrogen-bond acceptors (Lipinski definition) is 8. The van der Waals surface area contributed by atoms with Crippen molar-refractivity contribution in [3.8, 4) is 39.9 Å². The van der Waals surface area contributed by atoms with E-state index in [0.717, 1.165) is 5.56 Å². The summed E-state index contributed by atoms with van der Waals surface area (Å²) in [7, 11) is 3.00. The fourth-order valence-corrected chi connectivity index (χ4v) is 6.26. The van der Waals surface area contributed by atoms with Gasteiger partial charge in [0.15, 0.2) is 5.78 Å². The standard InChI is InChI=1S/C32H28O8/c1-13-8-21-26(22(33)9-13)32(37)28-18(29(21)34)7-6-17(30(28)35)25-19-10-14(2)40-15(3)24(19)31(36)27-20(25)11-16(38-4)12-23(27)39-5/h6-9,11-12,14-15,33,35-36H,10H2,1-5H3. The first kappa shape index (κ1) is 25.7. The third kappa shape index (κ3) is 3.49. The van der Waals surface area contributed by atoms with Crippen molar-refractivity contribution in [1.29, 1.82) is 0 Å². The first-order chi connectivity index (χ1) is 19.1. The molecular weight excluding hydrogens is 512 g/mol. The van der Waals surface area contributed by atoms with Gasteiger partial charge in [0.05, 0.1) is 42.9 Å². The summed E-state index contributed by atoms with van der Waals surface area (Å²) in [5, 5.41) is 34.8. The van der Waals surface area contributed by atoms with Crippen molar-refractivity contribution in [3.63, 3.8) is 0 Å². The minimum Gasteiger partial charge on any atom is -0.507 e. The second-order valence-corrected chi connectivity index (χ2v) is 10.4. The summed E-state index contributed by atoms with van der Waals surface area (Å²) < 4.78 is 17.2. The Hall–Kier alpha value is -4.56. The van der Waals surface area contributed by atoms with Gasteiger partial charge in [-0.3, -0.25) is 9.59 Å². The smallest absolute Gasteiger partial charge is 0.201 e. The summed E-state index contributed by atoms with van der Waals surface area (Å²) in [5.41, 5.74) is 2.66. The molecule has 1 aliphatic carbocycles. The van der Waals surface area contributed by atoms with Crippen molar-refractivity contribution in [1.82, 2.24) is 0 Å². The summed E-state index contributed by atoms with van der Waals surface area (Å²) in [6.45, 7) is 5.49. The molecule has 0 bridgehead atoms. The molecule has 4 aromatic carbocycles. The van der Waals surface area contributed by atoms with Crippen LogP contribution in [0.1, 0.15) is 68.5 Å². The number of ether oxygens (including phenoxy) is 3. The third-order valence-electron chi connectivity index (χ3n) is 7.91. The first-order valence-electron chi connectivity index (χ1n) is 13.0. The molecule has 3 N–H and O–H groups in total. The predicted octanol–water partition coefficient (Wildman–Crippen LogP) is 5.75. The highest BCUT2D eigenvalue weighted by Gasteiger charge is 2.37. The molecule has 2 aliphatic rings. The van der Waals surface area contributed by atoms with E-state index in [1.54, 1.807) is 31.2 Å². The van der Waals surface area contributed by atoms with E-state index in [1.807, 2.05) is 13.8 Å². The van der Waals surface area contributed by atoms with Gasteiger partial charge in [-0.2, -0.15) is 0 Å². The summed E-state index contributed by atoms with van der Waals surface area (Å²) in [5.74, 6) is -0.961. The summed E-state index contributed by atoms with van der Waals surface area (Å²) >= 11 is 0. The van der Waals surface area contributed by atoms with Gasteiger partial charge in [-0.1, -0.05) is 0 Å². The van der Waals surface area contributed by atoms with E-state index < -0.39 is 17.7 Å². The average molecular weight is 541 g/mol. The quantitative estimate of drug-likeness (QED) is 0.265. The van der Waals surface area contributed by atoms with Crippen LogP contribution in [0.15, 0.2) is 36.4 Å². The van der Waals surface area contributed by atoms with Crippen molar-refractivity contribution in [2.75, 3.05) is 14.2 Å². The van der Waals surface area contributed by atoms with Crippen LogP contribution in [0, 0.1) is 6.92 Å². The molecule has 204 valence electrons. The molecule has 2 atom stereocenters. The zero-order chi connectivity index (χ0) is 28.6. The lowest BCUT2D eigenvalue weighted by Gasteiger charge is -2.32. The van der Waals surface area contributed by atoms with Crippen LogP contribution < -0.4 is 9.47 Å². The number of benzene rings is 4. The maximum atomic E-state index is 13.7. The van der Waals surface area contributed by atoms with Crippen molar-refractivity contribution in [2.45, 2.75) is 39.4 Å². The molecule has 0 amide bonds. The maximum Gasteiger partial charge on any atom is 0.201 e. The third-order valence-corrected chi connectivity index (χ3v) is 7.91. The number of carbonyl (C=O) groups is 2. The van der Waals surface area contributed by atoms with Crippen LogP contribution in [0.2, 0.25) is 0 Å². The van der Waals surface area contributed by atoms with Gasteiger partial charge in [0.25, 0.3) is 0 Å². The number of hydrogen-bond donors (Lipinski definition) is 3. The molecule has 2 unspecified atom stereocenters. The van der Waals surface area contributed by atoms with Crippen molar-refractivity contribution >= 4 is 22.3 Å². The molecule has 0 saturated carbocycles. The number of ketones is 2. The molecule has 1 aliphatic heterocycles. The molecule has 8 heteroatoms. The highest BCUT2D eigenvalue weighted by atomic mass is 16.5. The number of rotatable bonds is 3. The molecule has 0 spiro atoms. The van der Waals surface area contributed by atoms with Crippen molar-refractivity contribution in [3.05, 3.63) is 75.3 Å². The van der Waals surface area contributed by atoms with Crippen LogP contribution in [0.3, 0.4) is 0 Å². The molecule has 0 radical (unpaired) electrons. The van der Waals surface area contributed by atoms with E-state index in [-0.39, 0.29) is 45.6 Å². The molecule has 8 nitrogen and oxygen atoms in total.